The van der Waals surface area contributed by atoms with Crippen LogP contribution in [0, 0.1) is 5.92 Å². The molecule has 0 atom stereocenters. The van der Waals surface area contributed by atoms with Crippen molar-refractivity contribution < 1.29 is 9.47 Å². The number of hydrogen-bond acceptors (Lipinski definition) is 3. The van der Waals surface area contributed by atoms with Crippen molar-refractivity contribution in [3.63, 3.8) is 0 Å². The van der Waals surface area contributed by atoms with Gasteiger partial charge in [-0.05, 0) is 25.2 Å². The van der Waals surface area contributed by atoms with Crippen LogP contribution in [0.1, 0.15) is 19.3 Å². The predicted molar refractivity (Wildman–Crippen MR) is 74.0 cm³/mol. The van der Waals surface area contributed by atoms with Crippen LogP contribution in [0.4, 0.5) is 0 Å². The zero-order valence-electron chi connectivity index (χ0n) is 11.9. The highest BCUT2D eigenvalue weighted by molar-refractivity contribution is 5.79. The summed E-state index contributed by atoms with van der Waals surface area (Å²) >= 11 is 0. The van der Waals surface area contributed by atoms with E-state index in [1.165, 1.54) is 0 Å². The van der Waals surface area contributed by atoms with Crippen molar-refractivity contribution in [1.29, 1.82) is 0 Å². The summed E-state index contributed by atoms with van der Waals surface area (Å²) in [6.45, 7) is 4.39. The fourth-order valence-electron chi connectivity index (χ4n) is 1.97. The number of aliphatic imine (C=N–C) groups is 1. The van der Waals surface area contributed by atoms with E-state index in [9.17, 15) is 0 Å². The Bertz CT molecular complexity index is 238. The first-order chi connectivity index (χ1) is 8.74. The van der Waals surface area contributed by atoms with Crippen LogP contribution >= 0.6 is 0 Å². The van der Waals surface area contributed by atoms with Gasteiger partial charge in [0.15, 0.2) is 5.96 Å². The summed E-state index contributed by atoms with van der Waals surface area (Å²) < 4.78 is 11.0. The van der Waals surface area contributed by atoms with E-state index >= 15 is 0 Å². The summed E-state index contributed by atoms with van der Waals surface area (Å²) in [5, 5.41) is 3.28. The average molecular weight is 257 g/mol. The molecule has 0 saturated carbocycles. The van der Waals surface area contributed by atoms with Gasteiger partial charge in [-0.15, -0.1) is 0 Å². The van der Waals surface area contributed by atoms with Gasteiger partial charge in [-0.3, -0.25) is 4.99 Å². The van der Waals surface area contributed by atoms with Crippen LogP contribution in [0.25, 0.3) is 0 Å². The third-order valence-electron chi connectivity index (χ3n) is 3.08. The first-order valence-electron chi connectivity index (χ1n) is 6.77. The molecule has 1 aliphatic heterocycles. The van der Waals surface area contributed by atoms with Gasteiger partial charge in [-0.25, -0.2) is 0 Å². The summed E-state index contributed by atoms with van der Waals surface area (Å²) in [6.07, 6.45) is 3.30. The summed E-state index contributed by atoms with van der Waals surface area (Å²) in [6, 6.07) is 0. The van der Waals surface area contributed by atoms with E-state index in [-0.39, 0.29) is 0 Å². The maximum atomic E-state index is 5.70. The number of ether oxygens (including phenoxy) is 2. The molecule has 0 bridgehead atoms. The highest BCUT2D eigenvalue weighted by atomic mass is 16.5. The second-order valence-corrected chi connectivity index (χ2v) is 4.85. The van der Waals surface area contributed by atoms with Gasteiger partial charge in [-0.1, -0.05) is 0 Å². The number of hydrogen-bond donors (Lipinski definition) is 1. The van der Waals surface area contributed by atoms with Crippen molar-refractivity contribution in [2.24, 2.45) is 10.9 Å². The Morgan fingerprint density at radius 2 is 2.11 bits per heavy atom. The first-order valence-corrected chi connectivity index (χ1v) is 6.77. The van der Waals surface area contributed by atoms with Crippen molar-refractivity contribution in [2.75, 3.05) is 54.1 Å². The van der Waals surface area contributed by atoms with Gasteiger partial charge >= 0.3 is 0 Å². The minimum Gasteiger partial charge on any atom is -0.381 e. The van der Waals surface area contributed by atoms with Crippen LogP contribution in [0.2, 0.25) is 0 Å². The molecule has 1 fully saturated rings. The molecule has 106 valence electrons. The topological polar surface area (TPSA) is 46.1 Å². The largest absolute Gasteiger partial charge is 0.381 e. The lowest BCUT2D eigenvalue weighted by Gasteiger charge is -2.21. The summed E-state index contributed by atoms with van der Waals surface area (Å²) in [5.74, 6) is 1.61. The number of nitrogens with one attached hydrogen (secondary N) is 1. The number of guanidine groups is 1. The van der Waals surface area contributed by atoms with Crippen molar-refractivity contribution >= 4 is 5.96 Å². The molecular weight excluding hydrogens is 230 g/mol. The first kappa shape index (κ1) is 15.2. The van der Waals surface area contributed by atoms with Gasteiger partial charge in [0.2, 0.25) is 0 Å². The Kier molecular flexibility index (Phi) is 7.76. The second kappa shape index (κ2) is 9.16. The SMILES string of the molecule is CN=C(NCCCOCC1CCOCC1)N(C)C. The molecule has 18 heavy (non-hydrogen) atoms. The fourth-order valence-corrected chi connectivity index (χ4v) is 1.97. The average Bonchev–Trinajstić information content (AvgIpc) is 2.38. The van der Waals surface area contributed by atoms with Crippen LogP contribution in [-0.2, 0) is 9.47 Å². The van der Waals surface area contributed by atoms with E-state index < -0.39 is 0 Å². The zero-order chi connectivity index (χ0) is 13.2. The normalized spacial score (nSPS) is 17.8. The van der Waals surface area contributed by atoms with Crippen LogP contribution in [0.3, 0.4) is 0 Å². The van der Waals surface area contributed by atoms with Crippen molar-refractivity contribution in [3.8, 4) is 0 Å². The predicted octanol–water partition coefficient (Wildman–Crippen LogP) is 0.957. The van der Waals surface area contributed by atoms with E-state index in [2.05, 4.69) is 10.3 Å². The summed E-state index contributed by atoms with van der Waals surface area (Å²) in [7, 11) is 5.76. The summed E-state index contributed by atoms with van der Waals surface area (Å²) in [5.41, 5.74) is 0. The molecule has 0 aromatic rings. The maximum absolute atomic E-state index is 5.70. The smallest absolute Gasteiger partial charge is 0.193 e. The Balaban J connectivity index is 1.95. The summed E-state index contributed by atoms with van der Waals surface area (Å²) in [4.78, 5) is 6.13. The fraction of sp³-hybridized carbons (Fsp3) is 0.923. The van der Waals surface area contributed by atoms with Gasteiger partial charge in [0, 0.05) is 54.1 Å². The quantitative estimate of drug-likeness (QED) is 0.437. The van der Waals surface area contributed by atoms with Crippen molar-refractivity contribution in [1.82, 2.24) is 10.2 Å². The molecule has 0 radical (unpaired) electrons. The Morgan fingerprint density at radius 3 is 2.72 bits per heavy atom. The van der Waals surface area contributed by atoms with E-state index in [1.807, 2.05) is 19.0 Å². The molecule has 5 heteroatoms. The third-order valence-corrected chi connectivity index (χ3v) is 3.08. The molecule has 0 aromatic carbocycles. The lowest BCUT2D eigenvalue weighted by atomic mass is 10.0. The zero-order valence-corrected chi connectivity index (χ0v) is 11.9. The highest BCUT2D eigenvalue weighted by Crippen LogP contribution is 2.14. The third kappa shape index (κ3) is 6.21. The van der Waals surface area contributed by atoms with Crippen molar-refractivity contribution in [2.45, 2.75) is 19.3 Å². The molecule has 0 aliphatic carbocycles. The van der Waals surface area contributed by atoms with Crippen LogP contribution in [0.5, 0.6) is 0 Å². The van der Waals surface area contributed by atoms with Gasteiger partial charge < -0.3 is 19.7 Å². The van der Waals surface area contributed by atoms with Gasteiger partial charge in [0.05, 0.1) is 0 Å². The van der Waals surface area contributed by atoms with Gasteiger partial charge in [0.25, 0.3) is 0 Å². The minimum atomic E-state index is 0.696. The molecule has 1 N–H and O–H groups in total. The molecular formula is C13H27N3O2. The van der Waals surface area contributed by atoms with E-state index in [0.29, 0.717) is 5.92 Å². The molecule has 0 amide bonds. The monoisotopic (exact) mass is 257 g/mol. The molecule has 1 heterocycles. The van der Waals surface area contributed by atoms with Gasteiger partial charge in [0.1, 0.15) is 0 Å². The lowest BCUT2D eigenvalue weighted by Crippen LogP contribution is -2.37. The van der Waals surface area contributed by atoms with Crippen LogP contribution < -0.4 is 5.32 Å². The maximum Gasteiger partial charge on any atom is 0.193 e. The molecule has 1 aliphatic rings. The standard InChI is InChI=1S/C13H27N3O2/c1-14-13(16(2)3)15-7-4-8-18-11-12-5-9-17-10-6-12/h12H,4-11H2,1-3H3,(H,14,15). The molecule has 0 aromatic heterocycles. The molecule has 0 unspecified atom stereocenters. The Hall–Kier alpha value is -0.810. The number of nitrogens with zero attached hydrogens (tertiary/aromatic N) is 2. The lowest BCUT2D eigenvalue weighted by molar-refractivity contribution is 0.0203. The molecule has 1 rings (SSSR count). The Labute approximate surface area is 111 Å². The van der Waals surface area contributed by atoms with E-state index in [4.69, 9.17) is 9.47 Å². The molecule has 1 saturated heterocycles. The van der Waals surface area contributed by atoms with E-state index in [0.717, 1.165) is 58.2 Å². The van der Waals surface area contributed by atoms with Crippen LogP contribution in [-0.4, -0.2) is 65.0 Å². The highest BCUT2D eigenvalue weighted by Gasteiger charge is 2.13. The number of rotatable bonds is 6. The molecule has 0 spiro atoms. The molecule has 5 nitrogen and oxygen atoms in total. The van der Waals surface area contributed by atoms with Crippen LogP contribution in [0.15, 0.2) is 4.99 Å². The van der Waals surface area contributed by atoms with Crippen molar-refractivity contribution in [3.05, 3.63) is 0 Å². The minimum absolute atomic E-state index is 0.696. The van der Waals surface area contributed by atoms with Gasteiger partial charge in [-0.2, -0.15) is 0 Å². The second-order valence-electron chi connectivity index (χ2n) is 4.85. The Morgan fingerprint density at radius 1 is 1.39 bits per heavy atom. The van der Waals surface area contributed by atoms with E-state index in [1.54, 1.807) is 7.05 Å².